The molecule has 0 radical (unpaired) electrons. The first-order chi connectivity index (χ1) is 15.5. The summed E-state index contributed by atoms with van der Waals surface area (Å²) in [6.07, 6.45) is 2.22. The van der Waals surface area contributed by atoms with Crippen molar-refractivity contribution in [3.63, 3.8) is 0 Å². The number of pyridine rings is 1. The van der Waals surface area contributed by atoms with E-state index in [2.05, 4.69) is 23.7 Å². The van der Waals surface area contributed by atoms with Gasteiger partial charge in [-0.3, -0.25) is 14.7 Å². The van der Waals surface area contributed by atoms with Crippen LogP contribution in [0.2, 0.25) is 0 Å². The van der Waals surface area contributed by atoms with E-state index in [-0.39, 0.29) is 11.7 Å². The number of carbonyl (C=O) groups is 1. The standard InChI is InChI=1S/C24H30FN3O4/c1-17(2)13-28(14-18-3-4-21-22(11-18)32-10-9-31-21)24(29)23-16-27(7-8-30-23)15-19-5-6-26-12-20(19)25/h3-6,11-12,17,23H,7-10,13-16H2,1-2H3. The molecule has 1 fully saturated rings. The fourth-order valence-electron chi connectivity index (χ4n) is 4.05. The van der Waals surface area contributed by atoms with Crippen LogP contribution >= 0.6 is 0 Å². The predicted octanol–water partition coefficient (Wildman–Crippen LogP) is 2.88. The van der Waals surface area contributed by atoms with E-state index in [0.717, 1.165) is 11.3 Å². The molecule has 0 N–H and O–H groups in total. The number of morpholine rings is 1. The highest BCUT2D eigenvalue weighted by atomic mass is 19.1. The first kappa shape index (κ1) is 22.5. The number of carbonyl (C=O) groups excluding carboxylic acids is 1. The number of amides is 1. The van der Waals surface area contributed by atoms with Gasteiger partial charge in [-0.2, -0.15) is 0 Å². The van der Waals surface area contributed by atoms with Crippen molar-refractivity contribution in [1.29, 1.82) is 0 Å². The first-order valence-corrected chi connectivity index (χ1v) is 11.1. The maximum atomic E-state index is 14.0. The Kier molecular flexibility index (Phi) is 7.22. The quantitative estimate of drug-likeness (QED) is 0.656. The summed E-state index contributed by atoms with van der Waals surface area (Å²) in [6.45, 7) is 8.26. The van der Waals surface area contributed by atoms with E-state index in [9.17, 15) is 9.18 Å². The minimum absolute atomic E-state index is 0.0477. The fourth-order valence-corrected chi connectivity index (χ4v) is 4.05. The zero-order valence-electron chi connectivity index (χ0n) is 18.6. The Hall–Kier alpha value is -2.71. The second-order valence-electron chi connectivity index (χ2n) is 8.65. The number of fused-ring (bicyclic) bond motifs is 1. The zero-order chi connectivity index (χ0) is 22.5. The molecule has 2 aromatic rings. The molecule has 4 rings (SSSR count). The van der Waals surface area contributed by atoms with Gasteiger partial charge in [0, 0.05) is 44.5 Å². The van der Waals surface area contributed by atoms with Gasteiger partial charge in [-0.05, 0) is 29.7 Å². The molecule has 1 amide bonds. The highest BCUT2D eigenvalue weighted by molar-refractivity contribution is 5.81. The van der Waals surface area contributed by atoms with Gasteiger partial charge in [-0.25, -0.2) is 4.39 Å². The van der Waals surface area contributed by atoms with E-state index in [1.807, 2.05) is 23.1 Å². The molecule has 0 bridgehead atoms. The number of benzene rings is 1. The van der Waals surface area contributed by atoms with Crippen molar-refractivity contribution in [3.05, 3.63) is 53.6 Å². The molecule has 0 spiro atoms. The third-order valence-corrected chi connectivity index (χ3v) is 5.55. The van der Waals surface area contributed by atoms with Crippen LogP contribution in [0.5, 0.6) is 11.5 Å². The van der Waals surface area contributed by atoms with Crippen molar-refractivity contribution >= 4 is 5.91 Å². The highest BCUT2D eigenvalue weighted by Gasteiger charge is 2.31. The molecular weight excluding hydrogens is 413 g/mol. The summed E-state index contributed by atoms with van der Waals surface area (Å²) in [4.78, 5) is 21.1. The molecule has 1 atom stereocenters. The number of halogens is 1. The molecule has 2 aliphatic heterocycles. The number of hydrogen-bond donors (Lipinski definition) is 0. The molecule has 3 heterocycles. The molecule has 32 heavy (non-hydrogen) atoms. The van der Waals surface area contributed by atoms with Gasteiger partial charge in [-0.1, -0.05) is 19.9 Å². The van der Waals surface area contributed by atoms with Crippen molar-refractivity contribution in [2.45, 2.75) is 33.0 Å². The number of aromatic nitrogens is 1. The smallest absolute Gasteiger partial charge is 0.253 e. The molecule has 1 aromatic heterocycles. The van der Waals surface area contributed by atoms with Gasteiger partial charge in [0.25, 0.3) is 5.91 Å². The van der Waals surface area contributed by atoms with Crippen LogP contribution in [0.25, 0.3) is 0 Å². The Morgan fingerprint density at radius 3 is 2.81 bits per heavy atom. The van der Waals surface area contributed by atoms with Crippen LogP contribution in [-0.2, 0) is 22.6 Å². The summed E-state index contributed by atoms with van der Waals surface area (Å²) in [6, 6.07) is 7.47. The molecule has 7 nitrogen and oxygen atoms in total. The largest absolute Gasteiger partial charge is 0.486 e. The van der Waals surface area contributed by atoms with E-state index in [0.29, 0.717) is 69.8 Å². The maximum absolute atomic E-state index is 14.0. The summed E-state index contributed by atoms with van der Waals surface area (Å²) >= 11 is 0. The molecule has 2 aliphatic rings. The van der Waals surface area contributed by atoms with E-state index in [1.165, 1.54) is 6.20 Å². The minimum Gasteiger partial charge on any atom is -0.486 e. The number of rotatable bonds is 7. The zero-order valence-corrected chi connectivity index (χ0v) is 18.6. The van der Waals surface area contributed by atoms with Crippen LogP contribution in [-0.4, -0.2) is 66.2 Å². The lowest BCUT2D eigenvalue weighted by Crippen LogP contribution is -2.51. The number of nitrogens with zero attached hydrogens (tertiary/aromatic N) is 3. The van der Waals surface area contributed by atoms with Crippen LogP contribution < -0.4 is 9.47 Å². The van der Waals surface area contributed by atoms with Crippen molar-refractivity contribution in [3.8, 4) is 11.5 Å². The average Bonchev–Trinajstić information content (AvgIpc) is 2.79. The normalized spacial score (nSPS) is 18.6. The van der Waals surface area contributed by atoms with Gasteiger partial charge in [0.2, 0.25) is 0 Å². The Labute approximate surface area is 188 Å². The summed E-state index contributed by atoms with van der Waals surface area (Å²) in [5.74, 6) is 1.37. The van der Waals surface area contributed by atoms with Crippen molar-refractivity contribution in [2.24, 2.45) is 5.92 Å². The molecule has 1 saturated heterocycles. The minimum atomic E-state index is -0.579. The van der Waals surface area contributed by atoms with Gasteiger partial charge in [-0.15, -0.1) is 0 Å². The summed E-state index contributed by atoms with van der Waals surface area (Å²) in [5, 5.41) is 0. The van der Waals surface area contributed by atoms with Gasteiger partial charge in [0.1, 0.15) is 25.1 Å². The summed E-state index contributed by atoms with van der Waals surface area (Å²) in [7, 11) is 0. The Morgan fingerprint density at radius 1 is 1.22 bits per heavy atom. The third-order valence-electron chi connectivity index (χ3n) is 5.55. The van der Waals surface area contributed by atoms with Crippen LogP contribution in [0.1, 0.15) is 25.0 Å². The number of ether oxygens (including phenoxy) is 3. The fraction of sp³-hybridized carbons (Fsp3) is 0.500. The highest BCUT2D eigenvalue weighted by Crippen LogP contribution is 2.31. The molecule has 0 aliphatic carbocycles. The second kappa shape index (κ2) is 10.3. The van der Waals surface area contributed by atoms with E-state index >= 15 is 0 Å². The van der Waals surface area contributed by atoms with Crippen molar-refractivity contribution in [1.82, 2.24) is 14.8 Å². The third kappa shape index (κ3) is 5.55. The summed E-state index contributed by atoms with van der Waals surface area (Å²) < 4.78 is 31.2. The SMILES string of the molecule is CC(C)CN(Cc1ccc2c(c1)OCCO2)C(=O)C1CN(Cc2ccncc2F)CCO1. The molecule has 172 valence electrons. The van der Waals surface area contributed by atoms with E-state index in [4.69, 9.17) is 14.2 Å². The molecule has 1 aromatic carbocycles. The molecular formula is C24H30FN3O4. The van der Waals surface area contributed by atoms with Crippen LogP contribution in [0.4, 0.5) is 4.39 Å². The second-order valence-corrected chi connectivity index (χ2v) is 8.65. The Balaban J connectivity index is 1.44. The molecule has 0 saturated carbocycles. The van der Waals surface area contributed by atoms with Crippen LogP contribution in [0.3, 0.4) is 0 Å². The van der Waals surface area contributed by atoms with Crippen LogP contribution in [0, 0.1) is 11.7 Å². The van der Waals surface area contributed by atoms with Gasteiger partial charge in [0.05, 0.1) is 12.8 Å². The lowest BCUT2D eigenvalue weighted by atomic mass is 10.1. The topological polar surface area (TPSA) is 64.1 Å². The van der Waals surface area contributed by atoms with Crippen molar-refractivity contribution < 1.29 is 23.4 Å². The first-order valence-electron chi connectivity index (χ1n) is 11.1. The van der Waals surface area contributed by atoms with E-state index in [1.54, 1.807) is 12.3 Å². The van der Waals surface area contributed by atoms with Crippen molar-refractivity contribution in [2.75, 3.05) is 39.5 Å². The Bertz CT molecular complexity index is 939. The van der Waals surface area contributed by atoms with E-state index < -0.39 is 6.10 Å². The Morgan fingerprint density at radius 2 is 2.03 bits per heavy atom. The molecule has 8 heteroatoms. The number of hydrogen-bond acceptors (Lipinski definition) is 6. The average molecular weight is 444 g/mol. The lowest BCUT2D eigenvalue weighted by Gasteiger charge is -2.35. The molecule has 1 unspecified atom stereocenters. The van der Waals surface area contributed by atoms with Gasteiger partial charge < -0.3 is 19.1 Å². The predicted molar refractivity (Wildman–Crippen MR) is 117 cm³/mol. The van der Waals surface area contributed by atoms with Gasteiger partial charge in [0.15, 0.2) is 11.5 Å². The maximum Gasteiger partial charge on any atom is 0.253 e. The van der Waals surface area contributed by atoms with Gasteiger partial charge >= 0.3 is 0 Å². The summed E-state index contributed by atoms with van der Waals surface area (Å²) in [5.41, 5.74) is 1.55. The van der Waals surface area contributed by atoms with Crippen LogP contribution in [0.15, 0.2) is 36.7 Å². The lowest BCUT2D eigenvalue weighted by molar-refractivity contribution is -0.151. The monoisotopic (exact) mass is 443 g/mol.